The van der Waals surface area contributed by atoms with Gasteiger partial charge in [0.25, 0.3) is 5.91 Å². The Morgan fingerprint density at radius 3 is 2.65 bits per heavy atom. The molecule has 0 unspecified atom stereocenters. The molecule has 3 aromatic rings. The first-order valence-electron chi connectivity index (χ1n) is 7.29. The van der Waals surface area contributed by atoms with Crippen LogP contribution in [0.5, 0.6) is 0 Å². The Hall–Kier alpha value is -2.96. The van der Waals surface area contributed by atoms with E-state index in [1.165, 1.54) is 0 Å². The van der Waals surface area contributed by atoms with Crippen molar-refractivity contribution in [3.05, 3.63) is 59.3 Å². The number of amides is 1. The number of rotatable bonds is 4. The van der Waals surface area contributed by atoms with Gasteiger partial charge in [-0.05, 0) is 38.1 Å². The number of carbonyl (C=O) groups is 1. The van der Waals surface area contributed by atoms with Gasteiger partial charge in [-0.3, -0.25) is 9.48 Å². The minimum Gasteiger partial charge on any atom is -0.346 e. The highest BCUT2D eigenvalue weighted by atomic mass is 16.1. The van der Waals surface area contributed by atoms with Crippen molar-refractivity contribution in [2.45, 2.75) is 20.4 Å². The Kier molecular flexibility index (Phi) is 3.92. The van der Waals surface area contributed by atoms with Crippen molar-refractivity contribution in [3.63, 3.8) is 0 Å². The van der Waals surface area contributed by atoms with Gasteiger partial charge in [0.2, 0.25) is 0 Å². The molecule has 0 aliphatic rings. The summed E-state index contributed by atoms with van der Waals surface area (Å²) in [6.07, 6.45) is 3.26. The fraction of sp³-hybridized carbons (Fsp3) is 0.250. The molecular weight excluding hydrogens is 292 g/mol. The van der Waals surface area contributed by atoms with Crippen molar-refractivity contribution >= 4 is 5.91 Å². The summed E-state index contributed by atoms with van der Waals surface area (Å²) in [7, 11) is 1.84. The van der Waals surface area contributed by atoms with Gasteiger partial charge in [0.15, 0.2) is 5.82 Å². The first-order valence-corrected chi connectivity index (χ1v) is 7.29. The third kappa shape index (κ3) is 3.13. The predicted molar refractivity (Wildman–Crippen MR) is 85.2 cm³/mol. The third-order valence-corrected chi connectivity index (χ3v) is 3.59. The summed E-state index contributed by atoms with van der Waals surface area (Å²) in [5, 5.41) is 11.3. The molecule has 3 rings (SSSR count). The number of aromatic nitrogens is 5. The summed E-state index contributed by atoms with van der Waals surface area (Å²) >= 11 is 0. The Bertz CT molecular complexity index is 831. The number of aryl methyl sites for hydroxylation is 3. The topological polar surface area (TPSA) is 77.6 Å². The second-order valence-electron chi connectivity index (χ2n) is 5.37. The quantitative estimate of drug-likeness (QED) is 0.793. The molecule has 3 aromatic heterocycles. The average molecular weight is 310 g/mol. The number of carbonyl (C=O) groups excluding carboxylic acids is 1. The molecule has 0 spiro atoms. The van der Waals surface area contributed by atoms with Gasteiger partial charge in [-0.2, -0.15) is 10.2 Å². The highest BCUT2D eigenvalue weighted by molar-refractivity contribution is 5.93. The monoisotopic (exact) mass is 310 g/mol. The van der Waals surface area contributed by atoms with Crippen LogP contribution < -0.4 is 5.32 Å². The van der Waals surface area contributed by atoms with E-state index in [1.807, 2.05) is 33.0 Å². The normalized spacial score (nSPS) is 10.7. The Morgan fingerprint density at radius 2 is 2.09 bits per heavy atom. The van der Waals surface area contributed by atoms with Crippen LogP contribution >= 0.6 is 0 Å². The molecule has 0 radical (unpaired) electrons. The van der Waals surface area contributed by atoms with E-state index in [1.54, 1.807) is 33.9 Å². The summed E-state index contributed by atoms with van der Waals surface area (Å²) in [6.45, 7) is 4.33. The molecule has 1 N–H and O–H groups in total. The Balaban J connectivity index is 1.70. The van der Waals surface area contributed by atoms with Crippen molar-refractivity contribution in [3.8, 4) is 5.82 Å². The molecule has 23 heavy (non-hydrogen) atoms. The van der Waals surface area contributed by atoms with E-state index in [0.29, 0.717) is 17.9 Å². The highest BCUT2D eigenvalue weighted by Gasteiger charge is 2.09. The first kappa shape index (κ1) is 15.0. The van der Waals surface area contributed by atoms with Crippen molar-refractivity contribution in [1.82, 2.24) is 29.9 Å². The zero-order valence-corrected chi connectivity index (χ0v) is 13.3. The molecular formula is C16H18N6O. The van der Waals surface area contributed by atoms with Crippen LogP contribution in [0.3, 0.4) is 0 Å². The Labute approximate surface area is 134 Å². The lowest BCUT2D eigenvalue weighted by Crippen LogP contribution is -2.24. The van der Waals surface area contributed by atoms with E-state index in [0.717, 1.165) is 17.1 Å². The van der Waals surface area contributed by atoms with Gasteiger partial charge in [-0.25, -0.2) is 9.67 Å². The fourth-order valence-corrected chi connectivity index (χ4v) is 2.35. The van der Waals surface area contributed by atoms with Crippen LogP contribution in [0, 0.1) is 13.8 Å². The van der Waals surface area contributed by atoms with Crippen molar-refractivity contribution in [1.29, 1.82) is 0 Å². The molecule has 7 heteroatoms. The van der Waals surface area contributed by atoms with Crippen molar-refractivity contribution < 1.29 is 4.79 Å². The van der Waals surface area contributed by atoms with Gasteiger partial charge in [0.05, 0.1) is 23.5 Å². The third-order valence-electron chi connectivity index (χ3n) is 3.59. The van der Waals surface area contributed by atoms with Crippen LogP contribution in [0.4, 0.5) is 0 Å². The van der Waals surface area contributed by atoms with Crippen LogP contribution in [-0.2, 0) is 13.6 Å². The van der Waals surface area contributed by atoms with E-state index in [9.17, 15) is 4.79 Å². The van der Waals surface area contributed by atoms with Gasteiger partial charge in [0.1, 0.15) is 0 Å². The molecule has 7 nitrogen and oxygen atoms in total. The number of nitrogens with one attached hydrogen (secondary N) is 1. The molecule has 0 bridgehead atoms. The molecule has 0 saturated heterocycles. The smallest absolute Gasteiger partial charge is 0.253 e. The molecule has 0 fully saturated rings. The summed E-state index contributed by atoms with van der Waals surface area (Å²) in [4.78, 5) is 16.5. The average Bonchev–Trinajstić information content (AvgIpc) is 3.10. The lowest BCUT2D eigenvalue weighted by Gasteiger charge is -2.07. The first-order chi connectivity index (χ1) is 11.0. The standard InChI is InChI=1S/C16H18N6O/c1-11-8-12(2)22(20-11)15-5-4-13(9-17-15)16(23)18-10-14-6-7-19-21(14)3/h4-9H,10H2,1-3H3,(H,18,23). The van der Waals surface area contributed by atoms with Gasteiger partial charge in [0, 0.05) is 25.1 Å². The van der Waals surface area contributed by atoms with E-state index >= 15 is 0 Å². The largest absolute Gasteiger partial charge is 0.346 e. The van der Waals surface area contributed by atoms with E-state index < -0.39 is 0 Å². The van der Waals surface area contributed by atoms with Gasteiger partial charge < -0.3 is 5.32 Å². The summed E-state index contributed by atoms with van der Waals surface area (Å²) < 4.78 is 3.48. The summed E-state index contributed by atoms with van der Waals surface area (Å²) in [5.74, 6) is 0.525. The lowest BCUT2D eigenvalue weighted by atomic mass is 10.2. The minimum absolute atomic E-state index is 0.168. The maximum absolute atomic E-state index is 12.2. The summed E-state index contributed by atoms with van der Waals surface area (Å²) in [6, 6.07) is 7.39. The number of hydrogen-bond donors (Lipinski definition) is 1. The van der Waals surface area contributed by atoms with Gasteiger partial charge in [-0.1, -0.05) is 0 Å². The molecule has 0 saturated carbocycles. The maximum atomic E-state index is 12.2. The zero-order valence-electron chi connectivity index (χ0n) is 13.3. The SMILES string of the molecule is Cc1cc(C)n(-c2ccc(C(=O)NCc3ccnn3C)cn2)n1. The van der Waals surface area contributed by atoms with E-state index in [-0.39, 0.29) is 5.91 Å². The molecule has 0 aliphatic heterocycles. The van der Waals surface area contributed by atoms with Crippen LogP contribution in [0.25, 0.3) is 5.82 Å². The number of hydrogen-bond acceptors (Lipinski definition) is 4. The van der Waals surface area contributed by atoms with E-state index in [4.69, 9.17) is 0 Å². The Morgan fingerprint density at radius 1 is 1.26 bits per heavy atom. The molecule has 0 aromatic carbocycles. The highest BCUT2D eigenvalue weighted by Crippen LogP contribution is 2.10. The molecule has 118 valence electrons. The predicted octanol–water partition coefficient (Wildman–Crippen LogP) is 1.55. The van der Waals surface area contributed by atoms with E-state index in [2.05, 4.69) is 20.5 Å². The van der Waals surface area contributed by atoms with Crippen LogP contribution in [-0.4, -0.2) is 30.5 Å². The fourth-order valence-electron chi connectivity index (χ4n) is 2.35. The number of nitrogens with zero attached hydrogens (tertiary/aromatic N) is 5. The van der Waals surface area contributed by atoms with Crippen molar-refractivity contribution in [2.24, 2.45) is 7.05 Å². The maximum Gasteiger partial charge on any atom is 0.253 e. The molecule has 3 heterocycles. The lowest BCUT2D eigenvalue weighted by molar-refractivity contribution is 0.0949. The van der Waals surface area contributed by atoms with Crippen LogP contribution in [0.15, 0.2) is 36.7 Å². The number of pyridine rings is 1. The molecule has 0 aliphatic carbocycles. The zero-order chi connectivity index (χ0) is 16.4. The summed E-state index contributed by atoms with van der Waals surface area (Å²) in [5.41, 5.74) is 3.38. The van der Waals surface area contributed by atoms with Gasteiger partial charge >= 0.3 is 0 Å². The second-order valence-corrected chi connectivity index (χ2v) is 5.37. The molecule has 0 atom stereocenters. The van der Waals surface area contributed by atoms with Crippen molar-refractivity contribution in [2.75, 3.05) is 0 Å². The minimum atomic E-state index is -0.168. The van der Waals surface area contributed by atoms with Crippen LogP contribution in [0.2, 0.25) is 0 Å². The van der Waals surface area contributed by atoms with Crippen LogP contribution in [0.1, 0.15) is 27.4 Å². The second kappa shape index (κ2) is 6.04. The van der Waals surface area contributed by atoms with Gasteiger partial charge in [-0.15, -0.1) is 0 Å². The molecule has 1 amide bonds.